The zero-order chi connectivity index (χ0) is 19.3. The Labute approximate surface area is 162 Å². The Morgan fingerprint density at radius 3 is 2.82 bits per heavy atom. The van der Waals surface area contributed by atoms with Crippen molar-refractivity contribution < 1.29 is 14.1 Å². The van der Waals surface area contributed by atoms with Gasteiger partial charge < -0.3 is 14.2 Å². The summed E-state index contributed by atoms with van der Waals surface area (Å²) >= 11 is 0. The highest BCUT2D eigenvalue weighted by atomic mass is 16.5. The largest absolute Gasteiger partial charge is 0.457 e. The third-order valence-corrected chi connectivity index (χ3v) is 4.63. The molecule has 0 saturated heterocycles. The number of aromatic amines is 1. The van der Waals surface area contributed by atoms with E-state index in [2.05, 4.69) is 21.2 Å². The highest BCUT2D eigenvalue weighted by molar-refractivity contribution is 5.83. The van der Waals surface area contributed by atoms with Crippen molar-refractivity contribution in [1.29, 1.82) is 0 Å². The van der Waals surface area contributed by atoms with Gasteiger partial charge in [-0.25, -0.2) is 0 Å². The van der Waals surface area contributed by atoms with Crippen molar-refractivity contribution >= 4 is 16.9 Å². The number of hydrogen-bond acceptors (Lipinski definition) is 5. The summed E-state index contributed by atoms with van der Waals surface area (Å²) in [5.74, 6) is 0.521. The van der Waals surface area contributed by atoms with Crippen molar-refractivity contribution in [2.75, 3.05) is 0 Å². The Hall–Kier alpha value is -3.41. The predicted octanol–water partition coefficient (Wildman–Crippen LogP) is 4.59. The fraction of sp³-hybridized carbons (Fsp3) is 0.227. The lowest BCUT2D eigenvalue weighted by molar-refractivity contribution is -0.145. The first-order valence-corrected chi connectivity index (χ1v) is 9.29. The molecule has 2 aromatic heterocycles. The molecule has 0 aliphatic heterocycles. The van der Waals surface area contributed by atoms with Crippen LogP contribution in [-0.4, -0.2) is 21.1 Å². The van der Waals surface area contributed by atoms with E-state index in [1.165, 1.54) is 10.9 Å². The number of nitrogens with zero attached hydrogens (tertiary/aromatic N) is 2. The average Bonchev–Trinajstić information content (AvgIpc) is 3.35. The van der Waals surface area contributed by atoms with Crippen LogP contribution in [0.1, 0.15) is 29.8 Å². The van der Waals surface area contributed by atoms with Gasteiger partial charge in [0.1, 0.15) is 0 Å². The molecule has 0 saturated carbocycles. The van der Waals surface area contributed by atoms with Crippen molar-refractivity contribution in [2.45, 2.75) is 32.8 Å². The molecule has 0 radical (unpaired) electrons. The fourth-order valence-electron chi connectivity index (χ4n) is 3.10. The number of carbonyl (C=O) groups is 1. The number of nitrogens with one attached hydrogen (secondary N) is 1. The normalized spacial score (nSPS) is 11.0. The maximum atomic E-state index is 12.0. The third kappa shape index (κ3) is 4.11. The molecule has 28 heavy (non-hydrogen) atoms. The summed E-state index contributed by atoms with van der Waals surface area (Å²) in [6, 6.07) is 15.9. The molecule has 2 heterocycles. The zero-order valence-electron chi connectivity index (χ0n) is 15.6. The number of ether oxygens (including phenoxy) is 1. The van der Waals surface area contributed by atoms with Gasteiger partial charge in [0.2, 0.25) is 5.82 Å². The number of para-hydroxylation sites is 1. The van der Waals surface area contributed by atoms with Gasteiger partial charge in [-0.15, -0.1) is 0 Å². The molecule has 0 unspecified atom stereocenters. The Morgan fingerprint density at radius 1 is 1.14 bits per heavy atom. The van der Waals surface area contributed by atoms with E-state index in [0.29, 0.717) is 18.1 Å². The summed E-state index contributed by atoms with van der Waals surface area (Å²) in [5.41, 5.74) is 4.32. The number of carbonyl (C=O) groups excluding carboxylic acids is 1. The van der Waals surface area contributed by atoms with Crippen molar-refractivity contribution in [1.82, 2.24) is 15.1 Å². The lowest BCUT2D eigenvalue weighted by Gasteiger charge is -2.02. The molecule has 0 aliphatic rings. The summed E-state index contributed by atoms with van der Waals surface area (Å²) in [4.78, 5) is 19.5. The number of fused-ring (bicyclic) bond motifs is 1. The third-order valence-electron chi connectivity index (χ3n) is 4.63. The highest BCUT2D eigenvalue weighted by Crippen LogP contribution is 2.20. The van der Waals surface area contributed by atoms with E-state index >= 15 is 0 Å². The molecule has 6 nitrogen and oxygen atoms in total. The molecule has 2 aromatic carbocycles. The van der Waals surface area contributed by atoms with Crippen LogP contribution in [0.15, 0.2) is 59.3 Å². The predicted molar refractivity (Wildman–Crippen MR) is 106 cm³/mol. The summed E-state index contributed by atoms with van der Waals surface area (Å²) in [5, 5.41) is 5.07. The molecule has 4 rings (SSSR count). The highest BCUT2D eigenvalue weighted by Gasteiger charge is 2.11. The van der Waals surface area contributed by atoms with Gasteiger partial charge in [0.15, 0.2) is 6.61 Å². The molecule has 0 bridgehead atoms. The quantitative estimate of drug-likeness (QED) is 0.478. The molecule has 0 atom stereocenters. The van der Waals surface area contributed by atoms with E-state index in [9.17, 15) is 4.79 Å². The van der Waals surface area contributed by atoms with E-state index in [0.717, 1.165) is 29.5 Å². The lowest BCUT2D eigenvalue weighted by atomic mass is 10.1. The smallest absolute Gasteiger partial charge is 0.306 e. The Bertz CT molecular complexity index is 1080. The first kappa shape index (κ1) is 18.0. The van der Waals surface area contributed by atoms with Gasteiger partial charge in [-0.2, -0.15) is 4.98 Å². The van der Waals surface area contributed by atoms with Gasteiger partial charge in [-0.05, 0) is 43.5 Å². The maximum Gasteiger partial charge on any atom is 0.306 e. The molecule has 142 valence electrons. The minimum absolute atomic E-state index is 0.0152. The van der Waals surface area contributed by atoms with Crippen molar-refractivity contribution in [2.24, 2.45) is 0 Å². The van der Waals surface area contributed by atoms with Gasteiger partial charge in [0.05, 0.1) is 0 Å². The molecular weight excluding hydrogens is 354 g/mol. The van der Waals surface area contributed by atoms with E-state index in [4.69, 9.17) is 9.26 Å². The first-order valence-electron chi connectivity index (χ1n) is 9.29. The van der Waals surface area contributed by atoms with Crippen molar-refractivity contribution in [3.63, 3.8) is 0 Å². The van der Waals surface area contributed by atoms with Crippen LogP contribution in [0, 0.1) is 6.92 Å². The molecule has 0 spiro atoms. The van der Waals surface area contributed by atoms with E-state index in [1.54, 1.807) is 0 Å². The van der Waals surface area contributed by atoms with E-state index < -0.39 is 0 Å². The average molecular weight is 375 g/mol. The monoisotopic (exact) mass is 375 g/mol. The second-order valence-electron chi connectivity index (χ2n) is 6.76. The Balaban J connectivity index is 1.25. The van der Waals surface area contributed by atoms with Gasteiger partial charge in [-0.1, -0.05) is 41.1 Å². The molecular formula is C22H21N3O3. The standard InChI is InChI=1S/C22H21N3O3/c1-15-9-11-16(12-10-15)22-24-20(25-28-22)14-27-21(26)8-4-5-17-13-23-19-7-3-2-6-18(17)19/h2-3,6-7,9-13,23H,4-5,8,14H2,1H3. The van der Waals surface area contributed by atoms with Crippen molar-refractivity contribution in [3.05, 3.63) is 71.7 Å². The molecule has 0 amide bonds. The number of rotatable bonds is 7. The second kappa shape index (κ2) is 8.08. The summed E-state index contributed by atoms with van der Waals surface area (Å²) in [7, 11) is 0. The van der Waals surface area contributed by atoms with Crippen LogP contribution in [0.5, 0.6) is 0 Å². The van der Waals surface area contributed by atoms with Crippen LogP contribution >= 0.6 is 0 Å². The second-order valence-corrected chi connectivity index (χ2v) is 6.76. The van der Waals surface area contributed by atoms with Crippen LogP contribution in [0.4, 0.5) is 0 Å². The zero-order valence-corrected chi connectivity index (χ0v) is 15.6. The molecule has 0 aliphatic carbocycles. The molecule has 6 heteroatoms. The number of aryl methyl sites for hydroxylation is 2. The van der Waals surface area contributed by atoms with Crippen LogP contribution in [0.3, 0.4) is 0 Å². The number of benzene rings is 2. The number of H-pyrrole nitrogens is 1. The molecule has 0 fully saturated rings. The van der Waals surface area contributed by atoms with Crippen molar-refractivity contribution in [3.8, 4) is 11.5 Å². The van der Waals surface area contributed by atoms with Gasteiger partial charge in [-0.3, -0.25) is 4.79 Å². The number of aromatic nitrogens is 3. The first-order chi connectivity index (χ1) is 13.7. The van der Waals surface area contributed by atoms with Crippen LogP contribution in [0.25, 0.3) is 22.4 Å². The number of hydrogen-bond donors (Lipinski definition) is 1. The summed E-state index contributed by atoms with van der Waals surface area (Å²) in [6.45, 7) is 2.03. The lowest BCUT2D eigenvalue weighted by Crippen LogP contribution is -2.05. The fourth-order valence-corrected chi connectivity index (χ4v) is 3.10. The Morgan fingerprint density at radius 2 is 1.96 bits per heavy atom. The van der Waals surface area contributed by atoms with E-state index in [1.807, 2.05) is 55.6 Å². The van der Waals surface area contributed by atoms with Gasteiger partial charge >= 0.3 is 5.97 Å². The van der Waals surface area contributed by atoms with Crippen LogP contribution < -0.4 is 0 Å². The summed E-state index contributed by atoms with van der Waals surface area (Å²) in [6.07, 6.45) is 3.89. The van der Waals surface area contributed by atoms with Crippen LogP contribution in [0.2, 0.25) is 0 Å². The maximum absolute atomic E-state index is 12.0. The van der Waals surface area contributed by atoms with Crippen LogP contribution in [-0.2, 0) is 22.6 Å². The van der Waals surface area contributed by atoms with Gasteiger partial charge in [0.25, 0.3) is 5.89 Å². The van der Waals surface area contributed by atoms with Gasteiger partial charge in [0, 0.05) is 29.1 Å². The topological polar surface area (TPSA) is 81.0 Å². The Kier molecular flexibility index (Phi) is 5.19. The minimum Gasteiger partial charge on any atom is -0.457 e. The number of esters is 1. The minimum atomic E-state index is -0.262. The molecule has 4 aromatic rings. The summed E-state index contributed by atoms with van der Waals surface area (Å²) < 4.78 is 10.5. The molecule has 1 N–H and O–H groups in total. The van der Waals surface area contributed by atoms with E-state index in [-0.39, 0.29) is 12.6 Å². The SMILES string of the molecule is Cc1ccc(-c2nc(COC(=O)CCCc3c[nH]c4ccccc34)no2)cc1.